The summed E-state index contributed by atoms with van der Waals surface area (Å²) in [5.74, 6) is -1.50. The number of nitrogens with one attached hydrogen (secondary N) is 1. The van der Waals surface area contributed by atoms with Crippen molar-refractivity contribution in [3.63, 3.8) is 0 Å². The van der Waals surface area contributed by atoms with Gasteiger partial charge in [0.15, 0.2) is 0 Å². The van der Waals surface area contributed by atoms with Gasteiger partial charge in [-0.1, -0.05) is 18.2 Å². The number of anilines is 4. The quantitative estimate of drug-likeness (QED) is 0.443. The number of nitrogens with zero attached hydrogens (tertiary/aromatic N) is 3. The number of aromatic nitrogens is 1. The van der Waals surface area contributed by atoms with E-state index in [9.17, 15) is 23.6 Å². The fourth-order valence-corrected chi connectivity index (χ4v) is 4.64. The molecule has 0 aliphatic heterocycles. The van der Waals surface area contributed by atoms with E-state index in [1.54, 1.807) is 51.4 Å². The summed E-state index contributed by atoms with van der Waals surface area (Å²) in [5.41, 5.74) is 6.32. The van der Waals surface area contributed by atoms with Gasteiger partial charge in [0, 0.05) is 32.4 Å². The third kappa shape index (κ3) is 4.42. The summed E-state index contributed by atoms with van der Waals surface area (Å²) in [7, 11) is 4.55. The van der Waals surface area contributed by atoms with Crippen LogP contribution in [0.5, 0.6) is 0 Å². The van der Waals surface area contributed by atoms with Gasteiger partial charge in [-0.25, -0.2) is 4.39 Å². The van der Waals surface area contributed by atoms with E-state index in [1.165, 1.54) is 40.5 Å². The van der Waals surface area contributed by atoms with Gasteiger partial charge in [-0.3, -0.25) is 28.6 Å². The summed E-state index contributed by atoms with van der Waals surface area (Å²) in [6, 6.07) is 11.3. The van der Waals surface area contributed by atoms with Crippen LogP contribution in [0.4, 0.5) is 27.3 Å². The van der Waals surface area contributed by atoms with Crippen LogP contribution in [0, 0.1) is 19.7 Å². The Morgan fingerprint density at radius 3 is 2.37 bits per heavy atom. The zero-order valence-electron chi connectivity index (χ0n) is 22.0. The largest absolute Gasteiger partial charge is 0.369 e. The first-order valence-corrected chi connectivity index (χ1v) is 12.1. The summed E-state index contributed by atoms with van der Waals surface area (Å²) in [4.78, 5) is 54.2. The molecule has 1 aliphatic carbocycles. The highest BCUT2D eigenvalue weighted by Crippen LogP contribution is 2.49. The third-order valence-corrected chi connectivity index (χ3v) is 7.03. The highest BCUT2D eigenvalue weighted by molar-refractivity contribution is 6.08. The molecule has 3 N–H and O–H groups in total. The molecule has 0 radical (unpaired) electrons. The topological polar surface area (TPSA) is 118 Å². The van der Waals surface area contributed by atoms with Crippen molar-refractivity contribution < 1.29 is 18.8 Å². The first-order valence-electron chi connectivity index (χ1n) is 12.1. The minimum absolute atomic E-state index is 0.00288. The van der Waals surface area contributed by atoms with E-state index in [0.29, 0.717) is 36.1 Å². The Morgan fingerprint density at radius 1 is 1.13 bits per heavy atom. The molecule has 0 saturated heterocycles. The van der Waals surface area contributed by atoms with Crippen LogP contribution < -0.4 is 21.5 Å². The van der Waals surface area contributed by atoms with E-state index in [-0.39, 0.29) is 28.3 Å². The van der Waals surface area contributed by atoms with Crippen molar-refractivity contribution in [2.45, 2.75) is 32.1 Å². The van der Waals surface area contributed by atoms with Gasteiger partial charge >= 0.3 is 0 Å². The van der Waals surface area contributed by atoms with Crippen molar-refractivity contribution in [2.75, 3.05) is 24.3 Å². The number of amides is 3. The van der Waals surface area contributed by atoms with Gasteiger partial charge in [0.2, 0.25) is 12.3 Å². The van der Waals surface area contributed by atoms with Crippen molar-refractivity contribution in [1.82, 2.24) is 9.47 Å². The van der Waals surface area contributed by atoms with E-state index in [1.807, 2.05) is 0 Å². The number of benzene rings is 2. The molecular weight excluding hydrogens is 489 g/mol. The zero-order valence-corrected chi connectivity index (χ0v) is 22.0. The molecule has 3 amide bonds. The van der Waals surface area contributed by atoms with E-state index in [4.69, 9.17) is 5.73 Å². The van der Waals surface area contributed by atoms with Gasteiger partial charge in [0.1, 0.15) is 17.2 Å². The molecule has 0 unspecified atom stereocenters. The van der Waals surface area contributed by atoms with Gasteiger partial charge in [0.25, 0.3) is 11.5 Å². The van der Waals surface area contributed by atoms with Gasteiger partial charge < -0.3 is 16.0 Å². The molecule has 1 aliphatic rings. The summed E-state index contributed by atoms with van der Waals surface area (Å²) in [5, 5.41) is 2.91. The Morgan fingerprint density at radius 2 is 1.82 bits per heavy atom. The molecule has 3 aromatic rings. The lowest BCUT2D eigenvalue weighted by Crippen LogP contribution is -2.33. The maximum atomic E-state index is 14.8. The van der Waals surface area contributed by atoms with E-state index < -0.39 is 28.6 Å². The van der Waals surface area contributed by atoms with Crippen LogP contribution in [0.15, 0.2) is 47.3 Å². The van der Waals surface area contributed by atoms with Gasteiger partial charge in [0.05, 0.1) is 16.8 Å². The molecule has 0 atom stereocenters. The molecule has 1 saturated carbocycles. The number of aryl methyl sites for hydroxylation is 1. The van der Waals surface area contributed by atoms with Crippen molar-refractivity contribution in [1.29, 1.82) is 0 Å². The van der Waals surface area contributed by atoms with Crippen molar-refractivity contribution in [3.8, 4) is 0 Å². The molecule has 0 bridgehead atoms. The van der Waals surface area contributed by atoms with Crippen molar-refractivity contribution in [2.24, 2.45) is 12.8 Å². The molecule has 0 spiro atoms. The molecule has 4 rings (SSSR count). The number of pyridine rings is 1. The molecule has 1 heterocycles. The summed E-state index contributed by atoms with van der Waals surface area (Å²) >= 11 is 0. The highest BCUT2D eigenvalue weighted by atomic mass is 19.1. The monoisotopic (exact) mass is 519 g/mol. The Balaban J connectivity index is 1.98. The molecule has 1 fully saturated rings. The van der Waals surface area contributed by atoms with Gasteiger partial charge in [-0.2, -0.15) is 0 Å². The summed E-state index contributed by atoms with van der Waals surface area (Å²) < 4.78 is 16.0. The molecule has 9 nitrogen and oxygen atoms in total. The molecule has 38 heavy (non-hydrogen) atoms. The Kier molecular flexibility index (Phi) is 6.84. The first kappa shape index (κ1) is 26.6. The van der Waals surface area contributed by atoms with Crippen LogP contribution in [0.2, 0.25) is 0 Å². The average Bonchev–Trinajstić information content (AvgIpc) is 3.69. The number of carbonyl (C=O) groups is 3. The highest BCUT2D eigenvalue weighted by Gasteiger charge is 2.50. The van der Waals surface area contributed by atoms with Crippen LogP contribution in [-0.2, 0) is 22.1 Å². The minimum atomic E-state index is -0.801. The number of carbonyl (C=O) groups excluding carboxylic acids is 3. The number of rotatable bonds is 8. The van der Waals surface area contributed by atoms with Gasteiger partial charge in [-0.05, 0) is 62.1 Å². The van der Waals surface area contributed by atoms with Crippen LogP contribution in [0.3, 0.4) is 0 Å². The number of nitrogens with two attached hydrogens (primary N) is 1. The van der Waals surface area contributed by atoms with Crippen molar-refractivity contribution in [3.05, 3.63) is 80.9 Å². The van der Waals surface area contributed by atoms with Crippen LogP contribution in [-0.4, -0.2) is 41.8 Å². The predicted octanol–water partition coefficient (Wildman–Crippen LogP) is 3.40. The lowest BCUT2D eigenvalue weighted by Gasteiger charge is -2.28. The molecule has 10 heteroatoms. The normalized spacial score (nSPS) is 13.5. The minimum Gasteiger partial charge on any atom is -0.369 e. The predicted molar refractivity (Wildman–Crippen MR) is 144 cm³/mol. The lowest BCUT2D eigenvalue weighted by molar-refractivity contribution is -0.120. The van der Waals surface area contributed by atoms with Crippen molar-refractivity contribution >= 4 is 41.1 Å². The second-order valence-corrected chi connectivity index (χ2v) is 9.84. The van der Waals surface area contributed by atoms with Crippen LogP contribution in [0.25, 0.3) is 0 Å². The fourth-order valence-electron chi connectivity index (χ4n) is 4.64. The number of hydrogen-bond acceptors (Lipinski definition) is 5. The Bertz CT molecular complexity index is 1520. The standard InChI is InChI=1S/C28H30FN5O4/c1-16-9-10-21(20(29)13-16)31-24-22(26(37)32(3)4)23(17(2)25(36)33(24)5)34(15-35)19-8-6-7-18(14-19)28(11-12-28)27(30)38/h6-10,13-15,31H,11-12H2,1-5H3,(H2,30,38). The molecule has 198 valence electrons. The first-order chi connectivity index (χ1) is 17.9. The second-order valence-electron chi connectivity index (χ2n) is 9.84. The van der Waals surface area contributed by atoms with E-state index in [2.05, 4.69) is 5.32 Å². The maximum absolute atomic E-state index is 14.8. The summed E-state index contributed by atoms with van der Waals surface area (Å²) in [6.07, 6.45) is 1.70. The molecule has 2 aromatic carbocycles. The number of halogens is 1. The zero-order chi connectivity index (χ0) is 27.9. The third-order valence-electron chi connectivity index (χ3n) is 7.03. The van der Waals surface area contributed by atoms with Crippen LogP contribution in [0.1, 0.15) is 39.9 Å². The SMILES string of the molecule is Cc1ccc(Nc2c(C(=O)N(C)C)c(N(C=O)c3cccc(C4(C(N)=O)CC4)c3)c(C)c(=O)n2C)c(F)c1. The van der Waals surface area contributed by atoms with E-state index >= 15 is 0 Å². The number of hydrogen-bond donors (Lipinski definition) is 2. The Hall–Kier alpha value is -4.47. The average molecular weight is 520 g/mol. The maximum Gasteiger partial charge on any atom is 0.259 e. The molecular formula is C28H30FN5O4. The number of primary amides is 1. The summed E-state index contributed by atoms with van der Waals surface area (Å²) in [6.45, 7) is 3.26. The fraction of sp³-hybridized carbons (Fsp3) is 0.286. The van der Waals surface area contributed by atoms with Gasteiger partial charge in [-0.15, -0.1) is 0 Å². The molecule has 1 aromatic heterocycles. The van der Waals surface area contributed by atoms with E-state index in [0.717, 1.165) is 0 Å². The lowest BCUT2D eigenvalue weighted by atomic mass is 9.94. The smallest absolute Gasteiger partial charge is 0.259 e. The second kappa shape index (κ2) is 9.77. The van der Waals surface area contributed by atoms with Crippen LogP contribution >= 0.6 is 0 Å². The Labute approximate surface area is 219 Å².